The van der Waals surface area contributed by atoms with Crippen molar-refractivity contribution in [3.63, 3.8) is 0 Å². The van der Waals surface area contributed by atoms with Crippen molar-refractivity contribution in [3.8, 4) is 0 Å². The smallest absolute Gasteiger partial charge is 0.243 e. The minimum absolute atomic E-state index is 0.119. The molecular weight excluding hydrogens is 166 g/mol. The van der Waals surface area contributed by atoms with Gasteiger partial charge in [-0.3, -0.25) is 0 Å². The molecule has 0 aliphatic carbocycles. The molecule has 0 spiro atoms. The van der Waals surface area contributed by atoms with Gasteiger partial charge in [-0.1, -0.05) is 0 Å². The van der Waals surface area contributed by atoms with Crippen LogP contribution in [0.5, 0.6) is 0 Å². The minimum atomic E-state index is 0.119. The number of imidazole rings is 1. The van der Waals surface area contributed by atoms with Crippen LogP contribution >= 0.6 is 11.6 Å². The molecule has 2 aromatic rings. The number of anilines is 1. The Morgan fingerprint density at radius 1 is 1.55 bits per heavy atom. The molecule has 0 saturated heterocycles. The highest BCUT2D eigenvalue weighted by Crippen LogP contribution is 2.08. The van der Waals surface area contributed by atoms with Gasteiger partial charge in [0.15, 0.2) is 11.5 Å². The average Bonchev–Trinajstić information content (AvgIpc) is 2.34. The molecule has 56 valence electrons. The molecular formula is C5H4ClN5. The number of halogens is 1. The third-order valence-corrected chi connectivity index (χ3v) is 1.41. The van der Waals surface area contributed by atoms with Gasteiger partial charge in [0.25, 0.3) is 0 Å². The van der Waals surface area contributed by atoms with Crippen LogP contribution in [-0.2, 0) is 0 Å². The van der Waals surface area contributed by atoms with E-state index >= 15 is 0 Å². The van der Waals surface area contributed by atoms with Gasteiger partial charge < -0.3 is 5.73 Å². The number of hydrogen-bond donors (Lipinski definition) is 1. The van der Waals surface area contributed by atoms with E-state index in [1.807, 2.05) is 0 Å². The Balaban J connectivity index is 2.91. The number of nitrogen functional groups attached to an aromatic ring is 1. The Hall–Kier alpha value is -1.36. The summed E-state index contributed by atoms with van der Waals surface area (Å²) >= 11 is 5.53. The monoisotopic (exact) mass is 169 g/mol. The van der Waals surface area contributed by atoms with E-state index < -0.39 is 0 Å². The molecule has 0 aliphatic heterocycles. The van der Waals surface area contributed by atoms with Crippen LogP contribution in [0.3, 0.4) is 0 Å². The molecule has 2 N–H and O–H groups in total. The number of aromatic nitrogens is 4. The van der Waals surface area contributed by atoms with E-state index in [-0.39, 0.29) is 11.1 Å². The molecule has 11 heavy (non-hydrogen) atoms. The van der Waals surface area contributed by atoms with Crippen molar-refractivity contribution in [1.29, 1.82) is 0 Å². The lowest BCUT2D eigenvalue weighted by Gasteiger charge is -1.95. The zero-order valence-electron chi connectivity index (χ0n) is 5.40. The van der Waals surface area contributed by atoms with Crippen LogP contribution in [0.4, 0.5) is 5.82 Å². The van der Waals surface area contributed by atoms with E-state index in [0.29, 0.717) is 5.65 Å². The molecule has 0 aliphatic rings. The Morgan fingerprint density at radius 3 is 3.18 bits per heavy atom. The number of hydrogen-bond acceptors (Lipinski definition) is 4. The summed E-state index contributed by atoms with van der Waals surface area (Å²) in [6.07, 6.45) is 3.23. The van der Waals surface area contributed by atoms with Crippen molar-refractivity contribution < 1.29 is 0 Å². The highest BCUT2D eigenvalue weighted by atomic mass is 35.5. The van der Waals surface area contributed by atoms with Crippen LogP contribution in [0.25, 0.3) is 5.65 Å². The van der Waals surface area contributed by atoms with E-state index in [2.05, 4.69) is 15.1 Å². The van der Waals surface area contributed by atoms with Gasteiger partial charge in [-0.2, -0.15) is 4.98 Å². The Kier molecular flexibility index (Phi) is 1.19. The standard InChI is InChI=1S/C5H4ClN5/c6-5-9-3(7)4-8-1-2-11(4)10-5/h1-2H,(H2,7,9,10). The summed E-state index contributed by atoms with van der Waals surface area (Å²) in [6, 6.07) is 0. The third kappa shape index (κ3) is 0.894. The maximum absolute atomic E-state index is 5.53. The molecule has 5 nitrogen and oxygen atoms in total. The summed E-state index contributed by atoms with van der Waals surface area (Å²) in [7, 11) is 0. The molecule has 6 heteroatoms. The molecule has 0 radical (unpaired) electrons. The molecule has 0 bridgehead atoms. The van der Waals surface area contributed by atoms with Gasteiger partial charge in [-0.05, 0) is 11.6 Å². The lowest BCUT2D eigenvalue weighted by molar-refractivity contribution is 0.903. The van der Waals surface area contributed by atoms with Gasteiger partial charge >= 0.3 is 0 Å². The fourth-order valence-corrected chi connectivity index (χ4v) is 0.994. The minimum Gasteiger partial charge on any atom is -0.380 e. The van der Waals surface area contributed by atoms with Crippen molar-refractivity contribution >= 4 is 23.1 Å². The van der Waals surface area contributed by atoms with Crippen molar-refractivity contribution in [3.05, 3.63) is 17.7 Å². The Labute approximate surface area is 66.8 Å². The van der Waals surface area contributed by atoms with Crippen molar-refractivity contribution in [2.24, 2.45) is 0 Å². The van der Waals surface area contributed by atoms with E-state index in [4.69, 9.17) is 17.3 Å². The van der Waals surface area contributed by atoms with Crippen LogP contribution in [0.2, 0.25) is 5.28 Å². The quantitative estimate of drug-likeness (QED) is 0.618. The number of nitrogens with zero attached hydrogens (tertiary/aromatic N) is 4. The second-order valence-electron chi connectivity index (χ2n) is 1.96. The molecule has 2 heterocycles. The van der Waals surface area contributed by atoms with E-state index in [1.165, 1.54) is 4.52 Å². The predicted octanol–water partition coefficient (Wildman–Crippen LogP) is 0.360. The number of fused-ring (bicyclic) bond motifs is 1. The molecule has 0 unspecified atom stereocenters. The van der Waals surface area contributed by atoms with Gasteiger partial charge in [0, 0.05) is 12.4 Å². The van der Waals surface area contributed by atoms with E-state index in [1.54, 1.807) is 12.4 Å². The third-order valence-electron chi connectivity index (χ3n) is 1.25. The van der Waals surface area contributed by atoms with Crippen LogP contribution in [0.15, 0.2) is 12.4 Å². The van der Waals surface area contributed by atoms with Gasteiger partial charge in [-0.25, -0.2) is 9.50 Å². The first-order valence-corrected chi connectivity index (χ1v) is 3.27. The predicted molar refractivity (Wildman–Crippen MR) is 40.2 cm³/mol. The average molecular weight is 170 g/mol. The molecule has 0 aromatic carbocycles. The van der Waals surface area contributed by atoms with Gasteiger partial charge in [0.1, 0.15) is 0 Å². The largest absolute Gasteiger partial charge is 0.380 e. The van der Waals surface area contributed by atoms with Crippen molar-refractivity contribution in [1.82, 2.24) is 19.6 Å². The normalized spacial score (nSPS) is 10.6. The van der Waals surface area contributed by atoms with Gasteiger partial charge in [-0.15, -0.1) is 5.10 Å². The first kappa shape index (κ1) is 6.36. The fourth-order valence-electron chi connectivity index (χ4n) is 0.822. The highest BCUT2D eigenvalue weighted by molar-refractivity contribution is 6.28. The zero-order chi connectivity index (χ0) is 7.84. The summed E-state index contributed by atoms with van der Waals surface area (Å²) in [5.74, 6) is 0.287. The van der Waals surface area contributed by atoms with Crippen LogP contribution in [0.1, 0.15) is 0 Å². The van der Waals surface area contributed by atoms with Crippen LogP contribution in [0, 0.1) is 0 Å². The zero-order valence-corrected chi connectivity index (χ0v) is 6.15. The molecule has 0 atom stereocenters. The Bertz CT molecular complexity index is 395. The first-order chi connectivity index (χ1) is 5.27. The van der Waals surface area contributed by atoms with Crippen molar-refractivity contribution in [2.75, 3.05) is 5.73 Å². The maximum atomic E-state index is 5.53. The highest BCUT2D eigenvalue weighted by Gasteiger charge is 2.02. The second-order valence-corrected chi connectivity index (χ2v) is 2.30. The fraction of sp³-hybridized carbons (Fsp3) is 0. The number of rotatable bonds is 0. The molecule has 0 fully saturated rings. The van der Waals surface area contributed by atoms with Crippen molar-refractivity contribution in [2.45, 2.75) is 0 Å². The van der Waals surface area contributed by atoms with Gasteiger partial charge in [0.2, 0.25) is 5.28 Å². The Morgan fingerprint density at radius 2 is 2.36 bits per heavy atom. The van der Waals surface area contributed by atoms with Crippen LogP contribution < -0.4 is 5.73 Å². The summed E-state index contributed by atoms with van der Waals surface area (Å²) in [5, 5.41) is 3.94. The lowest BCUT2D eigenvalue weighted by atomic mass is 10.7. The van der Waals surface area contributed by atoms with E-state index in [0.717, 1.165) is 0 Å². The summed E-state index contributed by atoms with van der Waals surface area (Å²) in [5.41, 5.74) is 6.01. The second kappa shape index (κ2) is 2.06. The molecule has 2 rings (SSSR count). The topological polar surface area (TPSA) is 69.1 Å². The van der Waals surface area contributed by atoms with Crippen LogP contribution in [-0.4, -0.2) is 19.6 Å². The first-order valence-electron chi connectivity index (χ1n) is 2.90. The maximum Gasteiger partial charge on any atom is 0.243 e. The summed E-state index contributed by atoms with van der Waals surface area (Å²) < 4.78 is 1.48. The summed E-state index contributed by atoms with van der Waals surface area (Å²) in [4.78, 5) is 7.64. The molecule has 0 saturated carbocycles. The molecule has 2 aromatic heterocycles. The summed E-state index contributed by atoms with van der Waals surface area (Å²) in [6.45, 7) is 0. The van der Waals surface area contributed by atoms with E-state index in [9.17, 15) is 0 Å². The van der Waals surface area contributed by atoms with Gasteiger partial charge in [0.05, 0.1) is 0 Å². The number of nitrogens with two attached hydrogens (primary N) is 1. The molecule has 0 amide bonds. The SMILES string of the molecule is Nc1nc(Cl)nn2ccnc12. The lowest BCUT2D eigenvalue weighted by Crippen LogP contribution is -2.00.